The van der Waals surface area contributed by atoms with Crippen molar-refractivity contribution in [2.45, 2.75) is 51.6 Å². The van der Waals surface area contributed by atoms with E-state index in [1.165, 1.54) is 11.1 Å². The Morgan fingerprint density at radius 2 is 1.53 bits per heavy atom. The molecule has 0 radical (unpaired) electrons. The summed E-state index contributed by atoms with van der Waals surface area (Å²) < 4.78 is 5.81. The zero-order valence-corrected chi connectivity index (χ0v) is 18.1. The highest BCUT2D eigenvalue weighted by atomic mass is 16.5. The molecule has 2 heterocycles. The summed E-state index contributed by atoms with van der Waals surface area (Å²) in [6.07, 6.45) is 1.54. The van der Waals surface area contributed by atoms with E-state index in [9.17, 15) is 4.79 Å². The van der Waals surface area contributed by atoms with Crippen LogP contribution in [0.2, 0.25) is 0 Å². The van der Waals surface area contributed by atoms with Crippen molar-refractivity contribution in [2.24, 2.45) is 0 Å². The lowest BCUT2D eigenvalue weighted by Crippen LogP contribution is -2.44. The number of benzene rings is 2. The van der Waals surface area contributed by atoms with Gasteiger partial charge in [-0.25, -0.2) is 0 Å². The van der Waals surface area contributed by atoms with E-state index in [4.69, 9.17) is 4.74 Å². The van der Waals surface area contributed by atoms with Gasteiger partial charge < -0.3 is 10.1 Å². The van der Waals surface area contributed by atoms with Crippen LogP contribution in [0.5, 0.6) is 0 Å². The Kier molecular flexibility index (Phi) is 6.82. The lowest BCUT2D eigenvalue weighted by molar-refractivity contribution is -0.0704. The van der Waals surface area contributed by atoms with Crippen molar-refractivity contribution in [1.29, 1.82) is 0 Å². The first-order valence-electron chi connectivity index (χ1n) is 11.1. The molecule has 30 heavy (non-hydrogen) atoms. The molecular formula is C25H33N3O2. The van der Waals surface area contributed by atoms with Gasteiger partial charge in [0.25, 0.3) is 5.91 Å². The molecular weight excluding hydrogens is 374 g/mol. The molecule has 5 nitrogen and oxygen atoms in total. The van der Waals surface area contributed by atoms with Gasteiger partial charge in [0, 0.05) is 50.9 Å². The molecule has 5 heteroatoms. The number of carbonyl (C=O) groups excluding carboxylic acids is 1. The summed E-state index contributed by atoms with van der Waals surface area (Å²) in [5.41, 5.74) is 3.30. The monoisotopic (exact) mass is 407 g/mol. The highest BCUT2D eigenvalue weighted by molar-refractivity contribution is 5.94. The third-order valence-corrected chi connectivity index (χ3v) is 5.97. The molecule has 2 aliphatic rings. The quantitative estimate of drug-likeness (QED) is 0.798. The van der Waals surface area contributed by atoms with Crippen molar-refractivity contribution in [2.75, 3.05) is 26.2 Å². The molecule has 3 atom stereocenters. The summed E-state index contributed by atoms with van der Waals surface area (Å²) >= 11 is 0. The molecule has 0 aliphatic carbocycles. The molecule has 2 fully saturated rings. The molecule has 0 unspecified atom stereocenters. The van der Waals surface area contributed by atoms with Gasteiger partial charge in [0.15, 0.2) is 0 Å². The number of amides is 1. The Labute approximate surface area is 180 Å². The normalized spacial score (nSPS) is 25.3. The highest BCUT2D eigenvalue weighted by Gasteiger charge is 2.25. The second kappa shape index (κ2) is 9.73. The summed E-state index contributed by atoms with van der Waals surface area (Å²) in [6, 6.07) is 18.8. The van der Waals surface area contributed by atoms with E-state index in [1.807, 2.05) is 18.2 Å². The smallest absolute Gasteiger partial charge is 0.251 e. The molecule has 1 amide bonds. The van der Waals surface area contributed by atoms with E-state index < -0.39 is 0 Å². The summed E-state index contributed by atoms with van der Waals surface area (Å²) in [7, 11) is 0. The highest BCUT2D eigenvalue weighted by Crippen LogP contribution is 2.16. The molecule has 0 aromatic heterocycles. The Morgan fingerprint density at radius 3 is 2.23 bits per heavy atom. The third-order valence-electron chi connectivity index (χ3n) is 5.97. The molecule has 2 aliphatic heterocycles. The maximum absolute atomic E-state index is 12.7. The second-order valence-corrected chi connectivity index (χ2v) is 8.83. The van der Waals surface area contributed by atoms with Crippen LogP contribution in [0.15, 0.2) is 54.6 Å². The number of hydrogen-bond donors (Lipinski definition) is 1. The molecule has 0 saturated carbocycles. The zero-order valence-electron chi connectivity index (χ0n) is 18.1. The average Bonchev–Trinajstić information content (AvgIpc) is 3.15. The van der Waals surface area contributed by atoms with E-state index >= 15 is 0 Å². The predicted molar refractivity (Wildman–Crippen MR) is 119 cm³/mol. The third kappa shape index (κ3) is 5.69. The van der Waals surface area contributed by atoms with Crippen LogP contribution in [-0.2, 0) is 17.8 Å². The van der Waals surface area contributed by atoms with E-state index in [0.29, 0.717) is 0 Å². The molecule has 0 bridgehead atoms. The van der Waals surface area contributed by atoms with E-state index in [0.717, 1.165) is 51.3 Å². The van der Waals surface area contributed by atoms with Crippen molar-refractivity contribution >= 4 is 5.91 Å². The van der Waals surface area contributed by atoms with Crippen molar-refractivity contribution in [3.8, 4) is 0 Å². The minimum absolute atomic E-state index is 0.0294. The van der Waals surface area contributed by atoms with Crippen LogP contribution >= 0.6 is 0 Å². The van der Waals surface area contributed by atoms with Crippen LogP contribution in [0.1, 0.15) is 41.8 Å². The van der Waals surface area contributed by atoms with Crippen LogP contribution in [0.3, 0.4) is 0 Å². The maximum Gasteiger partial charge on any atom is 0.251 e. The Hall–Kier alpha value is -2.21. The predicted octanol–water partition coefficient (Wildman–Crippen LogP) is 3.30. The SMILES string of the molecule is C[C@@H]1CN(Cc2ccc(C(=O)N[C@@H]3CCN(Cc4ccccc4)C3)cc2)C[C@H](C)O1. The van der Waals surface area contributed by atoms with E-state index in [-0.39, 0.29) is 24.2 Å². The van der Waals surface area contributed by atoms with Gasteiger partial charge in [-0.05, 0) is 43.5 Å². The molecule has 160 valence electrons. The molecule has 2 aromatic carbocycles. The number of nitrogens with one attached hydrogen (secondary N) is 1. The van der Waals surface area contributed by atoms with Gasteiger partial charge in [-0.2, -0.15) is 0 Å². The Morgan fingerprint density at radius 1 is 0.900 bits per heavy atom. The van der Waals surface area contributed by atoms with Gasteiger partial charge in [-0.3, -0.25) is 14.6 Å². The largest absolute Gasteiger partial charge is 0.373 e. The van der Waals surface area contributed by atoms with Crippen molar-refractivity contribution < 1.29 is 9.53 Å². The van der Waals surface area contributed by atoms with Crippen LogP contribution in [-0.4, -0.2) is 60.1 Å². The van der Waals surface area contributed by atoms with Crippen molar-refractivity contribution in [3.63, 3.8) is 0 Å². The summed E-state index contributed by atoms with van der Waals surface area (Å²) in [4.78, 5) is 17.5. The van der Waals surface area contributed by atoms with Gasteiger partial charge in [0.05, 0.1) is 12.2 Å². The molecule has 2 saturated heterocycles. The minimum Gasteiger partial charge on any atom is -0.373 e. The fraction of sp³-hybridized carbons (Fsp3) is 0.480. The number of nitrogens with zero attached hydrogens (tertiary/aromatic N) is 2. The fourth-order valence-corrected chi connectivity index (χ4v) is 4.64. The maximum atomic E-state index is 12.7. The van der Waals surface area contributed by atoms with Gasteiger partial charge in [0.2, 0.25) is 0 Å². The minimum atomic E-state index is 0.0294. The molecule has 2 aromatic rings. The summed E-state index contributed by atoms with van der Waals surface area (Å²) in [5.74, 6) is 0.0294. The van der Waals surface area contributed by atoms with Gasteiger partial charge in [0.1, 0.15) is 0 Å². The molecule has 1 N–H and O–H groups in total. The van der Waals surface area contributed by atoms with Crippen LogP contribution in [0, 0.1) is 0 Å². The van der Waals surface area contributed by atoms with Crippen LogP contribution in [0.25, 0.3) is 0 Å². The second-order valence-electron chi connectivity index (χ2n) is 8.83. The zero-order chi connectivity index (χ0) is 20.9. The molecule has 0 spiro atoms. The summed E-state index contributed by atoms with van der Waals surface area (Å²) in [6.45, 7) is 9.93. The first-order valence-corrected chi connectivity index (χ1v) is 11.1. The van der Waals surface area contributed by atoms with Gasteiger partial charge in [-0.15, -0.1) is 0 Å². The van der Waals surface area contributed by atoms with Crippen LogP contribution < -0.4 is 5.32 Å². The van der Waals surface area contributed by atoms with Gasteiger partial charge in [-0.1, -0.05) is 42.5 Å². The van der Waals surface area contributed by atoms with E-state index in [2.05, 4.69) is 65.4 Å². The Balaban J connectivity index is 1.26. The lowest BCUT2D eigenvalue weighted by atomic mass is 10.1. The standard InChI is InChI=1S/C25H33N3O2/c1-19-14-28(15-20(2)30-19)17-22-8-10-23(11-9-22)25(29)26-24-12-13-27(18-24)16-21-6-4-3-5-7-21/h3-11,19-20,24H,12-18H2,1-2H3,(H,26,29)/t19-,20+,24-/m1/s1. The number of carbonyl (C=O) groups is 1. The number of likely N-dealkylation sites (tertiary alicyclic amines) is 1. The van der Waals surface area contributed by atoms with Gasteiger partial charge >= 0.3 is 0 Å². The molecule has 4 rings (SSSR count). The number of morpholine rings is 1. The van der Waals surface area contributed by atoms with Crippen LogP contribution in [0.4, 0.5) is 0 Å². The number of rotatable bonds is 6. The van der Waals surface area contributed by atoms with Crippen molar-refractivity contribution in [1.82, 2.24) is 15.1 Å². The average molecular weight is 408 g/mol. The fourth-order valence-electron chi connectivity index (χ4n) is 4.64. The van der Waals surface area contributed by atoms with Crippen molar-refractivity contribution in [3.05, 3.63) is 71.3 Å². The Bertz CT molecular complexity index is 814. The first-order chi connectivity index (χ1) is 14.5. The topological polar surface area (TPSA) is 44.8 Å². The van der Waals surface area contributed by atoms with E-state index in [1.54, 1.807) is 0 Å². The first kappa shape index (κ1) is 21.0. The lowest BCUT2D eigenvalue weighted by Gasteiger charge is -2.35. The number of hydrogen-bond acceptors (Lipinski definition) is 4. The summed E-state index contributed by atoms with van der Waals surface area (Å²) in [5, 5.41) is 3.22. The number of ether oxygens (including phenoxy) is 1.